The Morgan fingerprint density at radius 3 is 2.30 bits per heavy atom. The van der Waals surface area contributed by atoms with Crippen molar-refractivity contribution in [2.75, 3.05) is 7.05 Å². The zero-order valence-corrected chi connectivity index (χ0v) is 15.6. The number of benzene rings is 2. The minimum atomic E-state index is -3.65. The molecule has 1 aromatic heterocycles. The van der Waals surface area contributed by atoms with E-state index in [-0.39, 0.29) is 17.3 Å². The molecule has 3 rings (SSSR count). The van der Waals surface area contributed by atoms with E-state index in [0.29, 0.717) is 12.1 Å². The van der Waals surface area contributed by atoms with Gasteiger partial charge in [0.2, 0.25) is 10.0 Å². The molecular formula is C19H20N4O3S. The van der Waals surface area contributed by atoms with Crippen molar-refractivity contribution in [3.8, 4) is 0 Å². The van der Waals surface area contributed by atoms with Gasteiger partial charge in [0, 0.05) is 31.5 Å². The number of carbonyl (C=O) groups is 1. The van der Waals surface area contributed by atoms with Crippen LogP contribution >= 0.6 is 0 Å². The lowest BCUT2D eigenvalue weighted by atomic mass is 10.1. The van der Waals surface area contributed by atoms with Gasteiger partial charge in [0.15, 0.2) is 0 Å². The molecule has 2 aromatic carbocycles. The van der Waals surface area contributed by atoms with E-state index in [2.05, 4.69) is 15.1 Å². The standard InChI is InChI=1S/C19H20N4O3S/c1-20-19(24)17-7-9-18(10-8-17)27(25,26)22-13-15-3-5-16(6-4-15)14-23-12-2-11-21-23/h2-12,22H,13-14H2,1H3,(H,20,24). The normalized spacial score (nSPS) is 11.3. The van der Waals surface area contributed by atoms with Crippen LogP contribution in [0.15, 0.2) is 71.9 Å². The van der Waals surface area contributed by atoms with Crippen LogP contribution in [0.1, 0.15) is 21.5 Å². The van der Waals surface area contributed by atoms with Crippen LogP contribution in [0.3, 0.4) is 0 Å². The Hall–Kier alpha value is -2.97. The van der Waals surface area contributed by atoms with Gasteiger partial charge in [-0.3, -0.25) is 9.48 Å². The van der Waals surface area contributed by atoms with Crippen molar-refractivity contribution in [1.29, 1.82) is 0 Å². The zero-order valence-electron chi connectivity index (χ0n) is 14.8. The first-order chi connectivity index (χ1) is 13.0. The summed E-state index contributed by atoms with van der Waals surface area (Å²) in [5, 5.41) is 6.65. The molecule has 8 heteroatoms. The fourth-order valence-corrected chi connectivity index (χ4v) is 3.55. The molecule has 1 amide bonds. The lowest BCUT2D eigenvalue weighted by Gasteiger charge is -2.09. The number of hydrogen-bond donors (Lipinski definition) is 2. The van der Waals surface area contributed by atoms with E-state index >= 15 is 0 Å². The van der Waals surface area contributed by atoms with E-state index in [4.69, 9.17) is 0 Å². The Kier molecular flexibility index (Phi) is 5.68. The van der Waals surface area contributed by atoms with E-state index in [1.165, 1.54) is 31.3 Å². The Balaban J connectivity index is 1.62. The molecule has 0 spiro atoms. The number of sulfonamides is 1. The largest absolute Gasteiger partial charge is 0.355 e. The molecular weight excluding hydrogens is 364 g/mol. The van der Waals surface area contributed by atoms with E-state index in [0.717, 1.165) is 11.1 Å². The Bertz CT molecular complexity index is 996. The fraction of sp³-hybridized carbons (Fsp3) is 0.158. The van der Waals surface area contributed by atoms with Gasteiger partial charge in [-0.05, 0) is 41.5 Å². The summed E-state index contributed by atoms with van der Waals surface area (Å²) in [5.74, 6) is -0.262. The van der Waals surface area contributed by atoms with Crippen LogP contribution in [-0.4, -0.2) is 31.2 Å². The third kappa shape index (κ3) is 4.81. The Labute approximate surface area is 158 Å². The molecule has 0 aliphatic heterocycles. The summed E-state index contributed by atoms with van der Waals surface area (Å²) in [6, 6.07) is 15.3. The molecule has 7 nitrogen and oxygen atoms in total. The van der Waals surface area contributed by atoms with Gasteiger partial charge in [-0.1, -0.05) is 24.3 Å². The van der Waals surface area contributed by atoms with Crippen molar-refractivity contribution in [3.63, 3.8) is 0 Å². The van der Waals surface area contributed by atoms with Crippen molar-refractivity contribution in [2.24, 2.45) is 0 Å². The van der Waals surface area contributed by atoms with Gasteiger partial charge in [0.05, 0.1) is 11.4 Å². The molecule has 0 bridgehead atoms. The van der Waals surface area contributed by atoms with Crippen LogP contribution in [0.25, 0.3) is 0 Å². The van der Waals surface area contributed by atoms with Gasteiger partial charge in [0.1, 0.15) is 0 Å². The smallest absolute Gasteiger partial charge is 0.251 e. The van der Waals surface area contributed by atoms with Crippen LogP contribution in [0.5, 0.6) is 0 Å². The zero-order chi connectivity index (χ0) is 19.3. The number of nitrogens with one attached hydrogen (secondary N) is 2. The summed E-state index contributed by atoms with van der Waals surface area (Å²) in [6.45, 7) is 0.846. The molecule has 0 aliphatic carbocycles. The van der Waals surface area contributed by atoms with Gasteiger partial charge < -0.3 is 5.32 Å². The number of aromatic nitrogens is 2. The predicted molar refractivity (Wildman–Crippen MR) is 102 cm³/mol. The maximum atomic E-state index is 12.4. The lowest BCUT2D eigenvalue weighted by Crippen LogP contribution is -2.23. The summed E-state index contributed by atoms with van der Waals surface area (Å²) in [6.07, 6.45) is 3.61. The van der Waals surface area contributed by atoms with Crippen molar-refractivity contribution in [3.05, 3.63) is 83.7 Å². The van der Waals surface area contributed by atoms with Crippen LogP contribution < -0.4 is 10.0 Å². The first-order valence-corrected chi connectivity index (χ1v) is 9.83. The van der Waals surface area contributed by atoms with Crippen molar-refractivity contribution in [1.82, 2.24) is 19.8 Å². The van der Waals surface area contributed by atoms with E-state index < -0.39 is 10.0 Å². The average Bonchev–Trinajstić information content (AvgIpc) is 3.20. The molecule has 0 saturated carbocycles. The average molecular weight is 384 g/mol. The summed E-state index contributed by atoms with van der Waals surface area (Å²) in [4.78, 5) is 11.6. The maximum Gasteiger partial charge on any atom is 0.251 e. The van der Waals surface area contributed by atoms with Gasteiger partial charge in [-0.15, -0.1) is 0 Å². The molecule has 140 valence electrons. The Morgan fingerprint density at radius 1 is 1.04 bits per heavy atom. The molecule has 0 fully saturated rings. The minimum Gasteiger partial charge on any atom is -0.355 e. The van der Waals surface area contributed by atoms with Gasteiger partial charge >= 0.3 is 0 Å². The number of nitrogens with zero attached hydrogens (tertiary/aromatic N) is 2. The molecule has 0 radical (unpaired) electrons. The topological polar surface area (TPSA) is 93.1 Å². The third-order valence-electron chi connectivity index (χ3n) is 4.05. The minimum absolute atomic E-state index is 0.116. The summed E-state index contributed by atoms with van der Waals surface area (Å²) >= 11 is 0. The first kappa shape index (κ1) is 18.8. The van der Waals surface area contributed by atoms with Gasteiger partial charge in [-0.2, -0.15) is 5.10 Å². The number of amides is 1. The van der Waals surface area contributed by atoms with E-state index in [1.807, 2.05) is 41.2 Å². The molecule has 3 aromatic rings. The molecule has 0 saturated heterocycles. The highest BCUT2D eigenvalue weighted by Gasteiger charge is 2.14. The molecule has 0 aliphatic rings. The number of carbonyl (C=O) groups excluding carboxylic acids is 1. The number of rotatable bonds is 7. The van der Waals surface area contributed by atoms with Crippen molar-refractivity contribution in [2.45, 2.75) is 18.0 Å². The predicted octanol–water partition coefficient (Wildman–Crippen LogP) is 1.77. The highest BCUT2D eigenvalue weighted by Crippen LogP contribution is 2.12. The second-order valence-corrected chi connectivity index (χ2v) is 7.72. The van der Waals surface area contributed by atoms with Crippen LogP contribution in [0, 0.1) is 0 Å². The summed E-state index contributed by atoms with van der Waals surface area (Å²) in [5.41, 5.74) is 2.34. The summed E-state index contributed by atoms with van der Waals surface area (Å²) in [7, 11) is -2.13. The van der Waals surface area contributed by atoms with Gasteiger partial charge in [-0.25, -0.2) is 13.1 Å². The first-order valence-electron chi connectivity index (χ1n) is 8.35. The quantitative estimate of drug-likeness (QED) is 0.649. The second-order valence-electron chi connectivity index (χ2n) is 5.95. The molecule has 1 heterocycles. The lowest BCUT2D eigenvalue weighted by molar-refractivity contribution is 0.0963. The van der Waals surface area contributed by atoms with E-state index in [9.17, 15) is 13.2 Å². The second kappa shape index (κ2) is 8.15. The third-order valence-corrected chi connectivity index (χ3v) is 5.46. The van der Waals surface area contributed by atoms with Crippen molar-refractivity contribution < 1.29 is 13.2 Å². The fourth-order valence-electron chi connectivity index (χ4n) is 2.54. The van der Waals surface area contributed by atoms with E-state index in [1.54, 1.807) is 6.20 Å². The summed E-state index contributed by atoms with van der Waals surface area (Å²) < 4.78 is 29.2. The molecule has 0 atom stereocenters. The van der Waals surface area contributed by atoms with Crippen LogP contribution in [0.4, 0.5) is 0 Å². The van der Waals surface area contributed by atoms with Crippen LogP contribution in [0.2, 0.25) is 0 Å². The number of hydrogen-bond acceptors (Lipinski definition) is 4. The van der Waals surface area contributed by atoms with Crippen molar-refractivity contribution >= 4 is 15.9 Å². The molecule has 2 N–H and O–H groups in total. The highest BCUT2D eigenvalue weighted by molar-refractivity contribution is 7.89. The maximum absolute atomic E-state index is 12.4. The SMILES string of the molecule is CNC(=O)c1ccc(S(=O)(=O)NCc2ccc(Cn3cccn3)cc2)cc1. The van der Waals surface area contributed by atoms with Crippen LogP contribution in [-0.2, 0) is 23.1 Å². The Morgan fingerprint density at radius 2 is 1.70 bits per heavy atom. The monoisotopic (exact) mass is 384 g/mol. The highest BCUT2D eigenvalue weighted by atomic mass is 32.2. The van der Waals surface area contributed by atoms with Gasteiger partial charge in [0.25, 0.3) is 5.91 Å². The molecule has 27 heavy (non-hydrogen) atoms. The molecule has 0 unspecified atom stereocenters.